The number of aromatic nitrogens is 1. The minimum Gasteiger partial charge on any atom is -0.355 e. The second-order valence-corrected chi connectivity index (χ2v) is 15.3. The molecule has 0 bridgehead atoms. The van der Waals surface area contributed by atoms with Crippen molar-refractivity contribution in [2.45, 2.75) is 44.9 Å². The van der Waals surface area contributed by atoms with Gasteiger partial charge in [-0.25, -0.2) is 0 Å². The van der Waals surface area contributed by atoms with Crippen LogP contribution in [0.1, 0.15) is 55.5 Å². The largest absolute Gasteiger partial charge is 0.355 e. The minimum absolute atomic E-state index is 0.00672. The third-order valence-electron chi connectivity index (χ3n) is 11.7. The van der Waals surface area contributed by atoms with E-state index in [-0.39, 0.29) is 5.41 Å². The summed E-state index contributed by atoms with van der Waals surface area (Å²) in [5.41, 5.74) is 20.8. The average Bonchev–Trinajstić information content (AvgIpc) is 3.65. The van der Waals surface area contributed by atoms with E-state index in [1.807, 2.05) is 6.07 Å². The zero-order valence-electron chi connectivity index (χ0n) is 30.4. The molecule has 6 aromatic carbocycles. The fourth-order valence-electron chi connectivity index (χ4n) is 9.07. The molecule has 2 heteroatoms. The molecule has 0 amide bonds. The molecule has 2 nitrogen and oxygen atoms in total. The Balaban J connectivity index is 0.994. The lowest BCUT2D eigenvalue weighted by molar-refractivity contribution is 0.652. The van der Waals surface area contributed by atoms with E-state index in [1.165, 1.54) is 77.9 Å². The van der Waals surface area contributed by atoms with Crippen molar-refractivity contribution in [3.8, 4) is 39.1 Å². The summed E-state index contributed by atoms with van der Waals surface area (Å²) in [5, 5.41) is 4.99. The van der Waals surface area contributed by atoms with Crippen molar-refractivity contribution >= 4 is 33.9 Å². The van der Waals surface area contributed by atoms with Gasteiger partial charge < -0.3 is 9.88 Å². The number of benzene rings is 6. The van der Waals surface area contributed by atoms with Crippen molar-refractivity contribution in [3.63, 3.8) is 0 Å². The zero-order chi connectivity index (χ0) is 35.5. The molecule has 0 radical (unpaired) electrons. The highest BCUT2D eigenvalue weighted by Crippen LogP contribution is 2.52. The van der Waals surface area contributed by atoms with Crippen molar-refractivity contribution in [2.75, 3.05) is 5.32 Å². The molecule has 1 aromatic heterocycles. The number of anilines is 2. The Morgan fingerprint density at radius 2 is 1.26 bits per heavy atom. The topological polar surface area (TPSA) is 17.0 Å². The predicted molar refractivity (Wildman–Crippen MR) is 225 cm³/mol. The van der Waals surface area contributed by atoms with Gasteiger partial charge in [-0.05, 0) is 124 Å². The molecule has 1 heterocycles. The van der Waals surface area contributed by atoms with E-state index in [4.69, 9.17) is 0 Å². The first-order valence-corrected chi connectivity index (χ1v) is 19.0. The second kappa shape index (κ2) is 12.5. The first-order valence-electron chi connectivity index (χ1n) is 19.0. The maximum absolute atomic E-state index is 3.61. The lowest BCUT2D eigenvalue weighted by Crippen LogP contribution is -2.16. The summed E-state index contributed by atoms with van der Waals surface area (Å²) in [4.78, 5) is 0. The van der Waals surface area contributed by atoms with Crippen LogP contribution in [0.5, 0.6) is 0 Å². The van der Waals surface area contributed by atoms with E-state index in [1.54, 1.807) is 5.57 Å². The van der Waals surface area contributed by atoms with Crippen molar-refractivity contribution in [3.05, 3.63) is 186 Å². The van der Waals surface area contributed by atoms with Crippen LogP contribution in [0.3, 0.4) is 0 Å². The highest BCUT2D eigenvalue weighted by molar-refractivity contribution is 5.99. The zero-order valence-corrected chi connectivity index (χ0v) is 30.4. The average molecular weight is 683 g/mol. The summed E-state index contributed by atoms with van der Waals surface area (Å²) in [7, 11) is 0. The van der Waals surface area contributed by atoms with Crippen LogP contribution in [0.2, 0.25) is 0 Å². The van der Waals surface area contributed by atoms with Gasteiger partial charge in [-0.2, -0.15) is 0 Å². The van der Waals surface area contributed by atoms with Crippen LogP contribution < -0.4 is 5.32 Å². The standard InChI is InChI=1S/C51H42N2/c1-51(2)46-23-9-6-21-42(46)44-32-45-43-22-8-11-25-49(43)53(50(45)33-47(44)51)40-19-13-15-37(31-40)35-28-26-34(27-29-35)36-14-12-16-38(30-36)41-20-7-10-24-48(41)52-39-17-4-3-5-18-39/h3-5,7-10,12-20,22-24,26-33,52H,6,11,21,25H2,1-2H3. The van der Waals surface area contributed by atoms with Gasteiger partial charge in [0, 0.05) is 44.7 Å². The summed E-state index contributed by atoms with van der Waals surface area (Å²) in [6.07, 6.45) is 13.9. The van der Waals surface area contributed by atoms with Gasteiger partial charge in [0.15, 0.2) is 0 Å². The smallest absolute Gasteiger partial charge is 0.0541 e. The first kappa shape index (κ1) is 31.6. The van der Waals surface area contributed by atoms with Crippen LogP contribution in [0.4, 0.5) is 11.4 Å². The Bertz CT molecular complexity index is 2640. The monoisotopic (exact) mass is 682 g/mol. The van der Waals surface area contributed by atoms with E-state index in [9.17, 15) is 0 Å². The Hall–Kier alpha value is -6.12. The van der Waals surface area contributed by atoms with Crippen LogP contribution in [-0.2, 0) is 11.8 Å². The van der Waals surface area contributed by atoms with Crippen LogP contribution in [0.25, 0.3) is 61.6 Å². The Morgan fingerprint density at radius 3 is 2.09 bits per heavy atom. The van der Waals surface area contributed by atoms with E-state index in [2.05, 4.69) is 181 Å². The summed E-state index contributed by atoms with van der Waals surface area (Å²) in [6, 6.07) is 51.1. The maximum atomic E-state index is 3.61. The lowest BCUT2D eigenvalue weighted by atomic mass is 9.80. The quantitative estimate of drug-likeness (QED) is 0.185. The number of para-hydroxylation sites is 2. The van der Waals surface area contributed by atoms with Gasteiger partial charge in [0.2, 0.25) is 0 Å². The van der Waals surface area contributed by atoms with E-state index in [0.29, 0.717) is 0 Å². The predicted octanol–water partition coefficient (Wildman–Crippen LogP) is 13.7. The van der Waals surface area contributed by atoms with Crippen molar-refractivity contribution < 1.29 is 0 Å². The third kappa shape index (κ3) is 5.32. The Kier molecular flexibility index (Phi) is 7.47. The van der Waals surface area contributed by atoms with Crippen molar-refractivity contribution in [2.24, 2.45) is 0 Å². The molecule has 3 aliphatic carbocycles. The Labute approximate surface area is 312 Å². The normalized spacial score (nSPS) is 15.4. The molecule has 0 saturated heterocycles. The van der Waals surface area contributed by atoms with E-state index >= 15 is 0 Å². The maximum Gasteiger partial charge on any atom is 0.0541 e. The fourth-order valence-corrected chi connectivity index (χ4v) is 9.07. The summed E-state index contributed by atoms with van der Waals surface area (Å²) >= 11 is 0. The van der Waals surface area contributed by atoms with Gasteiger partial charge in [-0.3, -0.25) is 0 Å². The summed E-state index contributed by atoms with van der Waals surface area (Å²) in [6.45, 7) is 4.82. The van der Waals surface area contributed by atoms with Gasteiger partial charge in [-0.15, -0.1) is 0 Å². The molecular formula is C51H42N2. The molecule has 3 aliphatic rings. The van der Waals surface area contributed by atoms with Crippen molar-refractivity contribution in [1.82, 2.24) is 4.57 Å². The molecule has 256 valence electrons. The molecule has 0 aliphatic heterocycles. The molecule has 53 heavy (non-hydrogen) atoms. The first-order chi connectivity index (χ1) is 26.0. The molecule has 0 fully saturated rings. The minimum atomic E-state index is 0.00672. The van der Waals surface area contributed by atoms with Gasteiger partial charge in [-0.1, -0.05) is 129 Å². The molecule has 0 unspecified atom stereocenters. The van der Waals surface area contributed by atoms with Crippen LogP contribution in [0.15, 0.2) is 163 Å². The molecular weight excluding hydrogens is 641 g/mol. The molecule has 10 rings (SSSR count). The van der Waals surface area contributed by atoms with Crippen LogP contribution in [0, 0.1) is 0 Å². The number of nitrogens with one attached hydrogen (secondary N) is 1. The fraction of sp³-hybridized carbons (Fsp3) is 0.137. The second-order valence-electron chi connectivity index (χ2n) is 15.3. The van der Waals surface area contributed by atoms with Gasteiger partial charge in [0.05, 0.1) is 5.52 Å². The summed E-state index contributed by atoms with van der Waals surface area (Å²) < 4.78 is 2.56. The summed E-state index contributed by atoms with van der Waals surface area (Å²) in [5.74, 6) is 0. The highest BCUT2D eigenvalue weighted by atomic mass is 15.0. The van der Waals surface area contributed by atoms with Crippen LogP contribution >= 0.6 is 0 Å². The van der Waals surface area contributed by atoms with Crippen molar-refractivity contribution in [1.29, 1.82) is 0 Å². The number of hydrogen-bond donors (Lipinski definition) is 1. The Morgan fingerprint density at radius 1 is 0.566 bits per heavy atom. The molecule has 7 aromatic rings. The van der Waals surface area contributed by atoms with Crippen LogP contribution in [-0.4, -0.2) is 4.57 Å². The molecule has 1 N–H and O–H groups in total. The number of nitrogens with zero attached hydrogens (tertiary/aromatic N) is 1. The number of fused-ring (bicyclic) bond motifs is 5. The molecule has 0 saturated carbocycles. The van der Waals surface area contributed by atoms with Gasteiger partial charge in [0.25, 0.3) is 0 Å². The lowest BCUT2D eigenvalue weighted by Gasteiger charge is -2.24. The van der Waals surface area contributed by atoms with Gasteiger partial charge >= 0.3 is 0 Å². The van der Waals surface area contributed by atoms with E-state index in [0.717, 1.165) is 37.1 Å². The molecule has 0 spiro atoms. The number of rotatable bonds is 6. The molecule has 0 atom stereocenters. The highest BCUT2D eigenvalue weighted by Gasteiger charge is 2.38. The van der Waals surface area contributed by atoms with Gasteiger partial charge in [0.1, 0.15) is 0 Å². The number of allylic oxidation sites excluding steroid dienone is 5. The number of hydrogen-bond acceptors (Lipinski definition) is 1. The van der Waals surface area contributed by atoms with E-state index < -0.39 is 0 Å². The third-order valence-corrected chi connectivity index (χ3v) is 11.7. The SMILES string of the molecule is CC1(C)C2=C(CCC=C2)c2cc3c4c(n(-c5cccc(-c6ccc(-c7cccc(-c8ccccc8Nc8ccccc8)c7)cc6)c5)c3cc21)CCC=C4.